The number of hydrogen-bond donors (Lipinski definition) is 2. The fourth-order valence-electron chi connectivity index (χ4n) is 2.33. The zero-order chi connectivity index (χ0) is 16.2. The van der Waals surface area contributed by atoms with E-state index >= 15 is 0 Å². The summed E-state index contributed by atoms with van der Waals surface area (Å²) in [5, 5.41) is 6.15. The van der Waals surface area contributed by atoms with Crippen molar-refractivity contribution in [1.82, 2.24) is 15.3 Å². The molecule has 118 valence electrons. The topological polar surface area (TPSA) is 80.0 Å². The number of rotatable bonds is 5. The van der Waals surface area contributed by atoms with Gasteiger partial charge in [0, 0.05) is 43.7 Å². The number of carbonyl (C=O) groups excluding carboxylic acids is 1. The van der Waals surface area contributed by atoms with Crippen molar-refractivity contribution in [3.05, 3.63) is 53.7 Å². The fourth-order valence-corrected chi connectivity index (χ4v) is 2.33. The quantitative estimate of drug-likeness (QED) is 0.708. The van der Waals surface area contributed by atoms with E-state index in [1.54, 1.807) is 37.5 Å². The van der Waals surface area contributed by atoms with Gasteiger partial charge in [0.05, 0.1) is 0 Å². The van der Waals surface area contributed by atoms with Gasteiger partial charge in [-0.15, -0.1) is 0 Å². The highest BCUT2D eigenvalue weighted by Gasteiger charge is 2.09. The van der Waals surface area contributed by atoms with Gasteiger partial charge in [-0.05, 0) is 36.8 Å². The molecule has 23 heavy (non-hydrogen) atoms. The summed E-state index contributed by atoms with van der Waals surface area (Å²) in [6.07, 6.45) is 3.54. The van der Waals surface area contributed by atoms with Gasteiger partial charge in [0.2, 0.25) is 0 Å². The van der Waals surface area contributed by atoms with Gasteiger partial charge in [0.25, 0.3) is 5.91 Å². The number of hydrogen-bond acceptors (Lipinski definition) is 5. The molecule has 0 aliphatic carbocycles. The first-order valence-corrected chi connectivity index (χ1v) is 7.43. The normalized spacial score (nSPS) is 10.7. The summed E-state index contributed by atoms with van der Waals surface area (Å²) in [5.74, 6) is 0.462. The number of aromatic nitrogens is 2. The summed E-state index contributed by atoms with van der Waals surface area (Å²) in [6.45, 7) is 4.93. The molecule has 6 heteroatoms. The van der Waals surface area contributed by atoms with Gasteiger partial charge in [-0.2, -0.15) is 0 Å². The lowest BCUT2D eigenvalue weighted by Crippen LogP contribution is -2.28. The Morgan fingerprint density at radius 2 is 2.09 bits per heavy atom. The van der Waals surface area contributed by atoms with E-state index in [0.29, 0.717) is 30.1 Å². The molecule has 1 amide bonds. The van der Waals surface area contributed by atoms with Gasteiger partial charge in [0.1, 0.15) is 5.52 Å². The van der Waals surface area contributed by atoms with E-state index in [-0.39, 0.29) is 5.91 Å². The van der Waals surface area contributed by atoms with Crippen LogP contribution in [0.15, 0.2) is 41.1 Å². The molecule has 0 saturated heterocycles. The minimum absolute atomic E-state index is 0.130. The Balaban J connectivity index is 1.55. The van der Waals surface area contributed by atoms with Gasteiger partial charge in [-0.25, -0.2) is 4.98 Å². The highest BCUT2D eigenvalue weighted by molar-refractivity contribution is 5.97. The molecule has 0 unspecified atom stereocenters. The number of benzene rings is 1. The molecule has 0 spiro atoms. The number of amides is 1. The molecule has 0 bridgehead atoms. The van der Waals surface area contributed by atoms with Gasteiger partial charge < -0.3 is 15.1 Å². The number of aryl methyl sites for hydroxylation is 2. The molecule has 1 aromatic carbocycles. The van der Waals surface area contributed by atoms with Gasteiger partial charge >= 0.3 is 0 Å². The predicted octanol–water partition coefficient (Wildman–Crippen LogP) is 2.68. The maximum absolute atomic E-state index is 12.2. The Kier molecular flexibility index (Phi) is 4.23. The maximum Gasteiger partial charge on any atom is 0.251 e. The number of nitrogens with one attached hydrogen (secondary N) is 2. The molecule has 3 aromatic rings. The molecule has 6 nitrogen and oxygen atoms in total. The monoisotopic (exact) mass is 310 g/mol. The van der Waals surface area contributed by atoms with Crippen molar-refractivity contribution < 1.29 is 9.21 Å². The Morgan fingerprint density at radius 3 is 2.91 bits per heavy atom. The zero-order valence-electron chi connectivity index (χ0n) is 13.1. The van der Waals surface area contributed by atoms with Crippen LogP contribution in [0, 0.1) is 13.8 Å². The minimum Gasteiger partial charge on any atom is -0.441 e. The van der Waals surface area contributed by atoms with Crippen LogP contribution in [0.2, 0.25) is 0 Å². The average Bonchev–Trinajstić information content (AvgIpc) is 2.92. The van der Waals surface area contributed by atoms with Crippen LogP contribution < -0.4 is 10.6 Å². The Bertz CT molecular complexity index is 841. The summed E-state index contributed by atoms with van der Waals surface area (Å²) in [6, 6.07) is 7.17. The van der Waals surface area contributed by atoms with E-state index in [0.717, 1.165) is 16.8 Å². The van der Waals surface area contributed by atoms with Crippen molar-refractivity contribution >= 4 is 22.7 Å². The third kappa shape index (κ3) is 3.48. The van der Waals surface area contributed by atoms with E-state index < -0.39 is 0 Å². The highest BCUT2D eigenvalue weighted by Crippen LogP contribution is 2.16. The first kappa shape index (κ1) is 15.0. The van der Waals surface area contributed by atoms with Gasteiger partial charge in [-0.3, -0.25) is 9.78 Å². The van der Waals surface area contributed by atoms with Crippen molar-refractivity contribution in [3.8, 4) is 0 Å². The number of anilines is 1. The van der Waals surface area contributed by atoms with Gasteiger partial charge in [-0.1, -0.05) is 0 Å². The van der Waals surface area contributed by atoms with E-state index in [4.69, 9.17) is 4.42 Å². The third-order valence-corrected chi connectivity index (χ3v) is 3.50. The van der Waals surface area contributed by atoms with E-state index in [2.05, 4.69) is 20.6 Å². The lowest BCUT2D eigenvalue weighted by Gasteiger charge is -2.09. The summed E-state index contributed by atoms with van der Waals surface area (Å²) in [5.41, 5.74) is 4.04. The molecule has 2 N–H and O–H groups in total. The summed E-state index contributed by atoms with van der Waals surface area (Å²) in [4.78, 5) is 20.4. The fraction of sp³-hybridized carbons (Fsp3) is 0.235. The molecule has 3 rings (SSSR count). The van der Waals surface area contributed by atoms with Crippen LogP contribution in [-0.2, 0) is 0 Å². The zero-order valence-corrected chi connectivity index (χ0v) is 13.1. The molecule has 2 heterocycles. The first-order valence-electron chi connectivity index (χ1n) is 7.43. The van der Waals surface area contributed by atoms with Crippen LogP contribution in [0.3, 0.4) is 0 Å². The van der Waals surface area contributed by atoms with Crippen molar-refractivity contribution in [2.75, 3.05) is 18.4 Å². The number of pyridine rings is 1. The highest BCUT2D eigenvalue weighted by atomic mass is 16.3. The number of fused-ring (bicyclic) bond motifs is 1. The van der Waals surface area contributed by atoms with Gasteiger partial charge in [0.15, 0.2) is 11.5 Å². The summed E-state index contributed by atoms with van der Waals surface area (Å²) >= 11 is 0. The Morgan fingerprint density at radius 1 is 1.22 bits per heavy atom. The minimum atomic E-state index is -0.130. The number of carbonyl (C=O) groups is 1. The molecule has 2 aromatic heterocycles. The van der Waals surface area contributed by atoms with Crippen LogP contribution in [0.1, 0.15) is 21.8 Å². The van der Waals surface area contributed by atoms with E-state index in [1.807, 2.05) is 13.0 Å². The molecule has 0 saturated carbocycles. The maximum atomic E-state index is 12.2. The standard InChI is InChI=1S/C17H18N4O2/c1-11-10-18-6-5-14(11)19-7-8-20-17(22)13-3-4-15-16(9-13)23-12(2)21-15/h3-6,9-10H,7-8H2,1-2H3,(H,18,19)(H,20,22). The van der Waals surface area contributed by atoms with Crippen LogP contribution in [0.25, 0.3) is 11.1 Å². The molecule has 0 aliphatic rings. The second-order valence-electron chi connectivity index (χ2n) is 5.29. The van der Waals surface area contributed by atoms with E-state index in [9.17, 15) is 4.79 Å². The van der Waals surface area contributed by atoms with Crippen LogP contribution >= 0.6 is 0 Å². The van der Waals surface area contributed by atoms with Crippen LogP contribution in [0.4, 0.5) is 5.69 Å². The van der Waals surface area contributed by atoms with Crippen molar-refractivity contribution in [3.63, 3.8) is 0 Å². The molecular weight excluding hydrogens is 292 g/mol. The van der Waals surface area contributed by atoms with Crippen LogP contribution in [-0.4, -0.2) is 29.0 Å². The van der Waals surface area contributed by atoms with Crippen molar-refractivity contribution in [2.24, 2.45) is 0 Å². The third-order valence-electron chi connectivity index (χ3n) is 3.50. The lowest BCUT2D eigenvalue weighted by molar-refractivity contribution is 0.0955. The molecule has 0 aliphatic heterocycles. The van der Waals surface area contributed by atoms with Crippen LogP contribution in [0.5, 0.6) is 0 Å². The first-order chi connectivity index (χ1) is 11.1. The average molecular weight is 310 g/mol. The summed E-state index contributed by atoms with van der Waals surface area (Å²) < 4.78 is 5.45. The smallest absolute Gasteiger partial charge is 0.251 e. The van der Waals surface area contributed by atoms with Crippen molar-refractivity contribution in [2.45, 2.75) is 13.8 Å². The number of oxazole rings is 1. The predicted molar refractivity (Wildman–Crippen MR) is 88.5 cm³/mol. The lowest BCUT2D eigenvalue weighted by atomic mass is 10.2. The van der Waals surface area contributed by atoms with Crippen molar-refractivity contribution in [1.29, 1.82) is 0 Å². The Hall–Kier alpha value is -2.89. The SMILES string of the molecule is Cc1nc2ccc(C(=O)NCCNc3ccncc3C)cc2o1. The molecular formula is C17H18N4O2. The molecule has 0 atom stereocenters. The number of nitrogens with zero attached hydrogens (tertiary/aromatic N) is 2. The summed E-state index contributed by atoms with van der Waals surface area (Å²) in [7, 11) is 0. The second kappa shape index (κ2) is 6.48. The molecule has 0 radical (unpaired) electrons. The molecule has 0 fully saturated rings. The van der Waals surface area contributed by atoms with E-state index in [1.165, 1.54) is 0 Å². The largest absolute Gasteiger partial charge is 0.441 e. The second-order valence-corrected chi connectivity index (χ2v) is 5.29. The Labute approximate surface area is 133 Å².